The molecule has 0 saturated carbocycles. The number of amides is 1. The number of fused-ring (bicyclic) bond motifs is 1. The highest BCUT2D eigenvalue weighted by Gasteiger charge is 2.23. The van der Waals surface area contributed by atoms with Crippen molar-refractivity contribution in [2.75, 3.05) is 18.0 Å². The van der Waals surface area contributed by atoms with Gasteiger partial charge in [0.15, 0.2) is 5.76 Å². The number of anilines is 1. The van der Waals surface area contributed by atoms with Crippen LogP contribution in [0.15, 0.2) is 34.7 Å². The van der Waals surface area contributed by atoms with Crippen LogP contribution >= 0.6 is 0 Å². The summed E-state index contributed by atoms with van der Waals surface area (Å²) in [5.41, 5.74) is 2.88. The van der Waals surface area contributed by atoms with Gasteiger partial charge >= 0.3 is 0 Å². The summed E-state index contributed by atoms with van der Waals surface area (Å²) in [5.74, 6) is 1.99. The SMILES string of the molecule is Cc1ccc2oc(C(=O)NC3CCN(c4cc(C)nc(C)n4)CC3)cc2c1. The highest BCUT2D eigenvalue weighted by atomic mass is 16.3. The monoisotopic (exact) mass is 364 g/mol. The van der Waals surface area contributed by atoms with Gasteiger partial charge < -0.3 is 14.6 Å². The molecular weight excluding hydrogens is 340 g/mol. The van der Waals surface area contributed by atoms with Crippen molar-refractivity contribution in [1.29, 1.82) is 0 Å². The predicted molar refractivity (Wildman–Crippen MR) is 105 cm³/mol. The summed E-state index contributed by atoms with van der Waals surface area (Å²) in [6, 6.07) is 9.90. The van der Waals surface area contributed by atoms with E-state index in [2.05, 4.69) is 20.2 Å². The molecule has 6 heteroatoms. The van der Waals surface area contributed by atoms with Crippen LogP contribution in [0.1, 0.15) is 40.5 Å². The molecule has 27 heavy (non-hydrogen) atoms. The summed E-state index contributed by atoms with van der Waals surface area (Å²) in [6.45, 7) is 7.65. The molecule has 1 aliphatic heterocycles. The van der Waals surface area contributed by atoms with Crippen LogP contribution in [0.25, 0.3) is 11.0 Å². The average molecular weight is 364 g/mol. The fourth-order valence-electron chi connectivity index (χ4n) is 3.64. The molecule has 0 spiro atoms. The number of aryl methyl sites for hydroxylation is 3. The Kier molecular flexibility index (Phi) is 4.56. The van der Waals surface area contributed by atoms with E-state index in [0.29, 0.717) is 5.76 Å². The van der Waals surface area contributed by atoms with Gasteiger partial charge in [0.1, 0.15) is 17.2 Å². The number of nitrogens with zero attached hydrogens (tertiary/aromatic N) is 3. The van der Waals surface area contributed by atoms with Crippen molar-refractivity contribution < 1.29 is 9.21 Å². The summed E-state index contributed by atoms with van der Waals surface area (Å²) in [6.07, 6.45) is 1.76. The number of hydrogen-bond donors (Lipinski definition) is 1. The molecule has 2 aromatic heterocycles. The first-order valence-corrected chi connectivity index (χ1v) is 9.36. The Morgan fingerprint density at radius 1 is 1.11 bits per heavy atom. The van der Waals surface area contributed by atoms with E-state index in [1.54, 1.807) is 0 Å². The van der Waals surface area contributed by atoms with Crippen molar-refractivity contribution >= 4 is 22.7 Å². The van der Waals surface area contributed by atoms with Gasteiger partial charge in [-0.25, -0.2) is 9.97 Å². The number of piperidine rings is 1. The van der Waals surface area contributed by atoms with E-state index in [9.17, 15) is 4.79 Å². The van der Waals surface area contributed by atoms with E-state index in [1.807, 2.05) is 51.1 Å². The second-order valence-corrected chi connectivity index (χ2v) is 7.30. The fourth-order valence-corrected chi connectivity index (χ4v) is 3.64. The lowest BCUT2D eigenvalue weighted by atomic mass is 10.0. The van der Waals surface area contributed by atoms with E-state index in [0.717, 1.165) is 59.8 Å². The lowest BCUT2D eigenvalue weighted by molar-refractivity contribution is 0.0905. The van der Waals surface area contributed by atoms with Crippen molar-refractivity contribution in [3.63, 3.8) is 0 Å². The molecule has 4 rings (SSSR count). The Labute approximate surface area is 158 Å². The summed E-state index contributed by atoms with van der Waals surface area (Å²) >= 11 is 0. The van der Waals surface area contributed by atoms with Crippen LogP contribution < -0.4 is 10.2 Å². The fraction of sp³-hybridized carbons (Fsp3) is 0.381. The number of carbonyl (C=O) groups is 1. The zero-order chi connectivity index (χ0) is 19.0. The van der Waals surface area contributed by atoms with E-state index in [-0.39, 0.29) is 11.9 Å². The average Bonchev–Trinajstić information content (AvgIpc) is 3.05. The maximum Gasteiger partial charge on any atom is 0.287 e. The molecule has 3 heterocycles. The predicted octanol–water partition coefficient (Wildman–Crippen LogP) is 3.55. The maximum absolute atomic E-state index is 12.6. The number of nitrogens with one attached hydrogen (secondary N) is 1. The van der Waals surface area contributed by atoms with Crippen molar-refractivity contribution in [3.05, 3.63) is 53.2 Å². The Balaban J connectivity index is 1.38. The molecule has 1 fully saturated rings. The molecule has 0 atom stereocenters. The topological polar surface area (TPSA) is 71.3 Å². The first-order chi connectivity index (χ1) is 13.0. The van der Waals surface area contributed by atoms with Gasteiger partial charge in [-0.15, -0.1) is 0 Å². The first-order valence-electron chi connectivity index (χ1n) is 9.36. The molecule has 0 aliphatic carbocycles. The Bertz CT molecular complexity index is 967. The Morgan fingerprint density at radius 2 is 1.89 bits per heavy atom. The van der Waals surface area contributed by atoms with Crippen molar-refractivity contribution in [1.82, 2.24) is 15.3 Å². The molecule has 1 amide bonds. The largest absolute Gasteiger partial charge is 0.451 e. The molecule has 1 aliphatic rings. The van der Waals surface area contributed by atoms with Gasteiger partial charge in [-0.2, -0.15) is 0 Å². The van der Waals surface area contributed by atoms with Crippen LogP contribution in [-0.2, 0) is 0 Å². The molecule has 3 aromatic rings. The van der Waals surface area contributed by atoms with E-state index < -0.39 is 0 Å². The van der Waals surface area contributed by atoms with E-state index >= 15 is 0 Å². The quantitative estimate of drug-likeness (QED) is 0.770. The van der Waals surface area contributed by atoms with Gasteiger partial charge in [-0.1, -0.05) is 11.6 Å². The minimum Gasteiger partial charge on any atom is -0.451 e. The molecule has 1 N–H and O–H groups in total. The zero-order valence-corrected chi connectivity index (χ0v) is 16.0. The third-order valence-electron chi connectivity index (χ3n) is 5.00. The smallest absolute Gasteiger partial charge is 0.287 e. The standard InChI is InChI=1S/C21H24N4O2/c1-13-4-5-18-16(10-13)12-19(27-18)21(26)24-17-6-8-25(9-7-17)20-11-14(2)22-15(3)23-20/h4-5,10-12,17H,6-9H2,1-3H3,(H,24,26). The van der Waals surface area contributed by atoms with E-state index in [4.69, 9.17) is 4.42 Å². The van der Waals surface area contributed by atoms with Gasteiger partial charge in [-0.05, 0) is 51.8 Å². The van der Waals surface area contributed by atoms with Crippen LogP contribution in [-0.4, -0.2) is 35.0 Å². The number of aromatic nitrogens is 2. The zero-order valence-electron chi connectivity index (χ0n) is 16.0. The van der Waals surface area contributed by atoms with Crippen molar-refractivity contribution in [2.24, 2.45) is 0 Å². The second-order valence-electron chi connectivity index (χ2n) is 7.30. The molecule has 0 bridgehead atoms. The first kappa shape index (κ1) is 17.5. The number of carbonyl (C=O) groups excluding carboxylic acids is 1. The van der Waals surface area contributed by atoms with Crippen LogP contribution in [0.4, 0.5) is 5.82 Å². The molecule has 6 nitrogen and oxygen atoms in total. The van der Waals surface area contributed by atoms with Crippen LogP contribution in [0, 0.1) is 20.8 Å². The van der Waals surface area contributed by atoms with Crippen molar-refractivity contribution in [3.8, 4) is 0 Å². The maximum atomic E-state index is 12.6. The summed E-state index contributed by atoms with van der Waals surface area (Å²) in [4.78, 5) is 23.7. The van der Waals surface area contributed by atoms with Crippen LogP contribution in [0.2, 0.25) is 0 Å². The number of hydrogen-bond acceptors (Lipinski definition) is 5. The summed E-state index contributed by atoms with van der Waals surface area (Å²) in [7, 11) is 0. The van der Waals surface area contributed by atoms with Gasteiger partial charge in [-0.3, -0.25) is 4.79 Å². The lowest BCUT2D eigenvalue weighted by Gasteiger charge is -2.33. The minimum atomic E-state index is -0.143. The molecule has 0 unspecified atom stereocenters. The number of furan rings is 1. The summed E-state index contributed by atoms with van der Waals surface area (Å²) < 4.78 is 5.70. The molecule has 1 aromatic carbocycles. The second kappa shape index (κ2) is 7.02. The minimum absolute atomic E-state index is 0.143. The van der Waals surface area contributed by atoms with Crippen molar-refractivity contribution in [2.45, 2.75) is 39.7 Å². The number of rotatable bonds is 3. The highest BCUT2D eigenvalue weighted by molar-refractivity contribution is 5.96. The van der Waals surface area contributed by atoms with Gasteiger partial charge in [0.05, 0.1) is 0 Å². The molecular formula is C21H24N4O2. The third kappa shape index (κ3) is 3.79. The normalized spacial score (nSPS) is 15.3. The van der Waals surface area contributed by atoms with Crippen LogP contribution in [0.5, 0.6) is 0 Å². The summed E-state index contributed by atoms with van der Waals surface area (Å²) in [5, 5.41) is 4.08. The van der Waals surface area contributed by atoms with Gasteiger partial charge in [0.25, 0.3) is 5.91 Å². The highest BCUT2D eigenvalue weighted by Crippen LogP contribution is 2.22. The lowest BCUT2D eigenvalue weighted by Crippen LogP contribution is -2.45. The molecule has 0 radical (unpaired) electrons. The number of benzene rings is 1. The van der Waals surface area contributed by atoms with Crippen LogP contribution in [0.3, 0.4) is 0 Å². The van der Waals surface area contributed by atoms with Gasteiger partial charge in [0, 0.05) is 36.3 Å². The Hall–Kier alpha value is -2.89. The Morgan fingerprint density at radius 3 is 2.63 bits per heavy atom. The molecule has 1 saturated heterocycles. The third-order valence-corrected chi connectivity index (χ3v) is 5.00. The van der Waals surface area contributed by atoms with Gasteiger partial charge in [0.2, 0.25) is 0 Å². The molecule has 140 valence electrons. The van der Waals surface area contributed by atoms with E-state index in [1.165, 1.54) is 0 Å².